The Kier molecular flexibility index (Phi) is 7.23. The van der Waals surface area contributed by atoms with Crippen LogP contribution in [0.15, 0.2) is 17.0 Å². The summed E-state index contributed by atoms with van der Waals surface area (Å²) in [5, 5.41) is 0.113. The fourth-order valence-corrected chi connectivity index (χ4v) is 4.15. The summed E-state index contributed by atoms with van der Waals surface area (Å²) in [7, 11) is -3.87. The van der Waals surface area contributed by atoms with Crippen molar-refractivity contribution < 1.29 is 17.9 Å². The topological polar surface area (TPSA) is 72.5 Å². The molecule has 1 N–H and O–H groups in total. The van der Waals surface area contributed by atoms with Crippen molar-refractivity contribution in [1.29, 1.82) is 0 Å². The molecule has 0 aliphatic carbocycles. The Morgan fingerprint density at radius 3 is 2.33 bits per heavy atom. The van der Waals surface area contributed by atoms with Crippen molar-refractivity contribution in [3.8, 4) is 0 Å². The molecule has 0 aliphatic rings. The molecule has 0 spiro atoms. The van der Waals surface area contributed by atoms with Gasteiger partial charge in [-0.05, 0) is 25.5 Å². The maximum Gasteiger partial charge on any atom is 0.305 e. The summed E-state index contributed by atoms with van der Waals surface area (Å²) < 4.78 is 31.3. The van der Waals surface area contributed by atoms with Crippen LogP contribution in [-0.2, 0) is 19.6 Å². The average molecular weight is 375 g/mol. The van der Waals surface area contributed by atoms with Crippen LogP contribution in [-0.4, -0.2) is 27.5 Å². The van der Waals surface area contributed by atoms with Gasteiger partial charge in [-0.25, -0.2) is 13.1 Å². The number of sulfonamides is 1. The molecular weight excluding hydrogens is 361 g/mol. The Bertz CT molecular complexity index is 596. The average Bonchev–Trinajstić information content (AvgIpc) is 2.33. The molecule has 0 aliphatic heterocycles. The molecule has 21 heavy (non-hydrogen) atoms. The van der Waals surface area contributed by atoms with E-state index in [0.29, 0.717) is 13.0 Å². The lowest BCUT2D eigenvalue weighted by molar-refractivity contribution is -0.143. The van der Waals surface area contributed by atoms with Crippen LogP contribution >= 0.6 is 34.8 Å². The molecular formula is C12H14Cl3NO4S. The van der Waals surface area contributed by atoms with E-state index in [0.717, 1.165) is 0 Å². The molecule has 1 rings (SSSR count). The second-order valence-corrected chi connectivity index (χ2v) is 6.96. The summed E-state index contributed by atoms with van der Waals surface area (Å²) in [6.45, 7) is 2.06. The summed E-state index contributed by atoms with van der Waals surface area (Å²) in [6, 6.07) is 2.59. The first-order valence-corrected chi connectivity index (χ1v) is 8.69. The molecule has 1 aromatic carbocycles. The van der Waals surface area contributed by atoms with Gasteiger partial charge in [0, 0.05) is 18.0 Å². The molecule has 118 valence electrons. The summed E-state index contributed by atoms with van der Waals surface area (Å²) in [4.78, 5) is 10.9. The van der Waals surface area contributed by atoms with Gasteiger partial charge in [0.25, 0.3) is 0 Å². The Hall–Kier alpha value is -0.530. The highest BCUT2D eigenvalue weighted by Gasteiger charge is 2.22. The predicted molar refractivity (Wildman–Crippen MR) is 82.5 cm³/mol. The molecule has 0 fully saturated rings. The lowest BCUT2D eigenvalue weighted by Gasteiger charge is -2.10. The first kappa shape index (κ1) is 18.5. The molecule has 0 aromatic heterocycles. The highest BCUT2D eigenvalue weighted by atomic mass is 35.5. The van der Waals surface area contributed by atoms with Crippen LogP contribution in [0.25, 0.3) is 0 Å². The van der Waals surface area contributed by atoms with Crippen molar-refractivity contribution in [2.75, 3.05) is 13.2 Å². The summed E-state index contributed by atoms with van der Waals surface area (Å²) >= 11 is 17.5. The largest absolute Gasteiger partial charge is 0.466 e. The van der Waals surface area contributed by atoms with Gasteiger partial charge in [0.2, 0.25) is 10.0 Å². The number of hydrogen-bond acceptors (Lipinski definition) is 4. The van der Waals surface area contributed by atoms with Gasteiger partial charge >= 0.3 is 5.97 Å². The van der Waals surface area contributed by atoms with E-state index in [1.165, 1.54) is 12.1 Å². The first-order chi connectivity index (χ1) is 9.77. The van der Waals surface area contributed by atoms with Crippen molar-refractivity contribution in [1.82, 2.24) is 4.72 Å². The lowest BCUT2D eigenvalue weighted by atomic mass is 10.3. The maximum absolute atomic E-state index is 12.1. The van der Waals surface area contributed by atoms with E-state index in [9.17, 15) is 13.2 Å². The summed E-state index contributed by atoms with van der Waals surface area (Å²) in [6.07, 6.45) is 0.430. The molecule has 5 nitrogen and oxygen atoms in total. The third-order valence-electron chi connectivity index (χ3n) is 2.39. The molecule has 0 bridgehead atoms. The van der Waals surface area contributed by atoms with Crippen LogP contribution in [0.1, 0.15) is 19.8 Å². The van der Waals surface area contributed by atoms with E-state index >= 15 is 0 Å². The summed E-state index contributed by atoms with van der Waals surface area (Å²) in [5.74, 6) is -0.376. The van der Waals surface area contributed by atoms with Gasteiger partial charge in [-0.2, -0.15) is 0 Å². The molecule has 0 heterocycles. The molecule has 0 unspecified atom stereocenters. The SMILES string of the molecule is CCOC(=O)CCCNS(=O)(=O)c1c(Cl)cc(Cl)cc1Cl. The minimum atomic E-state index is -3.87. The molecule has 9 heteroatoms. The van der Waals surface area contributed by atoms with E-state index in [2.05, 4.69) is 4.72 Å². The van der Waals surface area contributed by atoms with E-state index in [1.807, 2.05) is 0 Å². The van der Waals surface area contributed by atoms with Crippen LogP contribution in [0, 0.1) is 0 Å². The number of benzene rings is 1. The van der Waals surface area contributed by atoms with Crippen molar-refractivity contribution in [2.45, 2.75) is 24.7 Å². The van der Waals surface area contributed by atoms with Gasteiger partial charge < -0.3 is 4.74 Å². The Balaban J connectivity index is 2.69. The fraction of sp³-hybridized carbons (Fsp3) is 0.417. The molecule has 0 radical (unpaired) electrons. The van der Waals surface area contributed by atoms with Crippen LogP contribution in [0.4, 0.5) is 0 Å². The van der Waals surface area contributed by atoms with E-state index in [4.69, 9.17) is 39.5 Å². The van der Waals surface area contributed by atoms with Crippen molar-refractivity contribution in [2.24, 2.45) is 0 Å². The number of carbonyl (C=O) groups excluding carboxylic acids is 1. The Morgan fingerprint density at radius 2 is 1.81 bits per heavy atom. The number of esters is 1. The van der Waals surface area contributed by atoms with Gasteiger partial charge in [-0.15, -0.1) is 0 Å². The van der Waals surface area contributed by atoms with E-state index in [1.54, 1.807) is 6.92 Å². The second-order valence-electron chi connectivity index (χ2n) is 4.00. The molecule has 0 saturated carbocycles. The van der Waals surface area contributed by atoms with Crippen LogP contribution in [0.3, 0.4) is 0 Å². The smallest absolute Gasteiger partial charge is 0.305 e. The predicted octanol–water partition coefficient (Wildman–Crippen LogP) is 3.27. The molecule has 1 aromatic rings. The third kappa shape index (κ3) is 5.64. The number of halogens is 3. The van der Waals surface area contributed by atoms with E-state index in [-0.39, 0.29) is 38.9 Å². The monoisotopic (exact) mass is 373 g/mol. The number of carbonyl (C=O) groups is 1. The lowest BCUT2D eigenvalue weighted by Crippen LogP contribution is -2.26. The highest BCUT2D eigenvalue weighted by molar-refractivity contribution is 7.89. The minimum absolute atomic E-state index is 0.0645. The molecule has 0 saturated heterocycles. The highest BCUT2D eigenvalue weighted by Crippen LogP contribution is 2.32. The van der Waals surface area contributed by atoms with Gasteiger partial charge in [-0.3, -0.25) is 4.79 Å². The standard InChI is InChI=1S/C12H14Cl3NO4S/c1-2-20-11(17)4-3-5-16-21(18,19)12-9(14)6-8(13)7-10(12)15/h6-7,16H,2-5H2,1H3. The summed E-state index contributed by atoms with van der Waals surface area (Å²) in [5.41, 5.74) is 0. The van der Waals surface area contributed by atoms with Gasteiger partial charge in [0.1, 0.15) is 4.90 Å². The Morgan fingerprint density at radius 1 is 1.24 bits per heavy atom. The zero-order valence-electron chi connectivity index (χ0n) is 11.2. The van der Waals surface area contributed by atoms with Gasteiger partial charge in [-0.1, -0.05) is 34.8 Å². The number of hydrogen-bond donors (Lipinski definition) is 1. The number of ether oxygens (including phenoxy) is 1. The van der Waals surface area contributed by atoms with E-state index < -0.39 is 10.0 Å². The molecule has 0 atom stereocenters. The number of nitrogens with one attached hydrogen (secondary N) is 1. The maximum atomic E-state index is 12.1. The second kappa shape index (κ2) is 8.19. The van der Waals surface area contributed by atoms with Crippen molar-refractivity contribution in [3.63, 3.8) is 0 Å². The zero-order chi connectivity index (χ0) is 16.0. The van der Waals surface area contributed by atoms with Crippen molar-refractivity contribution >= 4 is 50.8 Å². The first-order valence-electron chi connectivity index (χ1n) is 6.07. The Labute approximate surface area is 138 Å². The van der Waals surface area contributed by atoms with Gasteiger partial charge in [0.15, 0.2) is 0 Å². The van der Waals surface area contributed by atoms with Crippen LogP contribution < -0.4 is 4.72 Å². The van der Waals surface area contributed by atoms with Crippen LogP contribution in [0.5, 0.6) is 0 Å². The quantitative estimate of drug-likeness (QED) is 0.587. The van der Waals surface area contributed by atoms with Crippen molar-refractivity contribution in [3.05, 3.63) is 27.2 Å². The number of rotatable bonds is 7. The normalized spacial score (nSPS) is 11.4. The third-order valence-corrected chi connectivity index (χ3v) is 4.99. The molecule has 0 amide bonds. The fourth-order valence-electron chi connectivity index (χ4n) is 1.53. The van der Waals surface area contributed by atoms with Gasteiger partial charge in [0.05, 0.1) is 16.7 Å². The minimum Gasteiger partial charge on any atom is -0.466 e. The zero-order valence-corrected chi connectivity index (χ0v) is 14.2. The van der Waals surface area contributed by atoms with Crippen LogP contribution in [0.2, 0.25) is 15.1 Å².